The van der Waals surface area contributed by atoms with Crippen LogP contribution >= 0.6 is 0 Å². The number of phenolic OH excluding ortho intramolecular Hbond substituents is 1. The Labute approximate surface area is 160 Å². The summed E-state index contributed by atoms with van der Waals surface area (Å²) in [6.45, 7) is 2.63. The molecule has 2 amide bonds. The van der Waals surface area contributed by atoms with E-state index in [4.69, 9.17) is 0 Å². The van der Waals surface area contributed by atoms with Crippen molar-refractivity contribution in [2.45, 2.75) is 44.7 Å². The van der Waals surface area contributed by atoms with E-state index in [1.165, 1.54) is 17.5 Å². The van der Waals surface area contributed by atoms with Gasteiger partial charge in [-0.15, -0.1) is 0 Å². The molecular weight excluding hydrogens is 338 g/mol. The Balaban J connectivity index is 1.30. The quantitative estimate of drug-likeness (QED) is 0.775. The molecule has 1 atom stereocenters. The van der Waals surface area contributed by atoms with Gasteiger partial charge in [-0.3, -0.25) is 4.90 Å². The highest BCUT2D eigenvalue weighted by Crippen LogP contribution is 2.25. The average Bonchev–Trinajstić information content (AvgIpc) is 3.09. The van der Waals surface area contributed by atoms with Gasteiger partial charge >= 0.3 is 6.03 Å². The summed E-state index contributed by atoms with van der Waals surface area (Å²) in [5.74, 6) is 0.299. The number of likely N-dealkylation sites (tertiary alicyclic amines) is 1. The molecule has 2 aromatic rings. The Kier molecular flexibility index (Phi) is 5.30. The highest BCUT2D eigenvalue weighted by Gasteiger charge is 2.22. The third-order valence-corrected chi connectivity index (χ3v) is 5.51. The van der Waals surface area contributed by atoms with E-state index in [9.17, 15) is 9.90 Å². The zero-order chi connectivity index (χ0) is 18.6. The van der Waals surface area contributed by atoms with Gasteiger partial charge in [0.15, 0.2) is 0 Å². The molecule has 1 aliphatic carbocycles. The zero-order valence-electron chi connectivity index (χ0n) is 15.6. The summed E-state index contributed by atoms with van der Waals surface area (Å²) < 4.78 is 0. The Morgan fingerprint density at radius 3 is 2.89 bits per heavy atom. The molecule has 1 unspecified atom stereocenters. The minimum atomic E-state index is -0.128. The number of aromatic hydroxyl groups is 1. The number of nitrogens with one attached hydrogen (secondary N) is 2. The molecule has 142 valence electrons. The van der Waals surface area contributed by atoms with Gasteiger partial charge < -0.3 is 15.7 Å². The molecule has 4 rings (SSSR count). The first kappa shape index (κ1) is 17.9. The van der Waals surface area contributed by atoms with Crippen molar-refractivity contribution < 1.29 is 9.90 Å². The number of carbonyl (C=O) groups is 1. The van der Waals surface area contributed by atoms with E-state index in [2.05, 4.69) is 27.7 Å². The summed E-state index contributed by atoms with van der Waals surface area (Å²) in [4.78, 5) is 14.7. The van der Waals surface area contributed by atoms with E-state index in [-0.39, 0.29) is 12.1 Å². The van der Waals surface area contributed by atoms with Crippen molar-refractivity contribution in [3.8, 4) is 5.75 Å². The predicted octanol–water partition coefficient (Wildman–Crippen LogP) is 3.67. The molecule has 1 aliphatic heterocycles. The van der Waals surface area contributed by atoms with E-state index in [0.29, 0.717) is 5.75 Å². The fourth-order valence-electron chi connectivity index (χ4n) is 4.23. The summed E-state index contributed by atoms with van der Waals surface area (Å²) in [6.07, 6.45) is 5.52. The monoisotopic (exact) mass is 365 g/mol. The van der Waals surface area contributed by atoms with Crippen LogP contribution in [0.5, 0.6) is 5.75 Å². The lowest BCUT2D eigenvalue weighted by Crippen LogP contribution is -2.48. The number of hydrogen-bond donors (Lipinski definition) is 3. The molecule has 0 radical (unpaired) electrons. The van der Waals surface area contributed by atoms with Crippen molar-refractivity contribution >= 4 is 11.7 Å². The van der Waals surface area contributed by atoms with E-state index in [0.717, 1.165) is 56.6 Å². The number of fused-ring (bicyclic) bond motifs is 1. The van der Waals surface area contributed by atoms with Crippen molar-refractivity contribution in [3.63, 3.8) is 0 Å². The molecule has 0 bridgehead atoms. The maximum Gasteiger partial charge on any atom is 0.319 e. The topological polar surface area (TPSA) is 64.6 Å². The van der Waals surface area contributed by atoms with Gasteiger partial charge in [0.1, 0.15) is 5.75 Å². The lowest BCUT2D eigenvalue weighted by molar-refractivity contribution is 0.183. The number of aryl methyl sites for hydroxylation is 2. The highest BCUT2D eigenvalue weighted by molar-refractivity contribution is 5.89. The summed E-state index contributed by atoms with van der Waals surface area (Å²) in [5.41, 5.74) is 4.75. The smallest absolute Gasteiger partial charge is 0.319 e. The molecule has 5 heteroatoms. The van der Waals surface area contributed by atoms with Crippen LogP contribution in [0.2, 0.25) is 0 Å². The third-order valence-electron chi connectivity index (χ3n) is 5.51. The number of nitrogens with zero attached hydrogens (tertiary/aromatic N) is 1. The molecular formula is C22H27N3O2. The van der Waals surface area contributed by atoms with Crippen molar-refractivity contribution in [1.29, 1.82) is 0 Å². The molecule has 0 saturated carbocycles. The molecule has 1 fully saturated rings. The maximum absolute atomic E-state index is 12.4. The van der Waals surface area contributed by atoms with Crippen LogP contribution in [0.25, 0.3) is 0 Å². The van der Waals surface area contributed by atoms with Gasteiger partial charge in [-0.05, 0) is 79.6 Å². The minimum Gasteiger partial charge on any atom is -0.508 e. The predicted molar refractivity (Wildman–Crippen MR) is 107 cm³/mol. The first-order valence-corrected chi connectivity index (χ1v) is 9.85. The van der Waals surface area contributed by atoms with Crippen LogP contribution in [-0.4, -0.2) is 35.2 Å². The number of hydrogen-bond acceptors (Lipinski definition) is 3. The van der Waals surface area contributed by atoms with E-state index in [1.54, 1.807) is 12.1 Å². The average molecular weight is 365 g/mol. The van der Waals surface area contributed by atoms with Crippen molar-refractivity contribution in [1.82, 2.24) is 10.2 Å². The van der Waals surface area contributed by atoms with Gasteiger partial charge in [-0.1, -0.05) is 18.2 Å². The second-order valence-corrected chi connectivity index (χ2v) is 7.68. The minimum absolute atomic E-state index is 0.128. The first-order valence-electron chi connectivity index (χ1n) is 9.85. The normalized spacial score (nSPS) is 19.5. The van der Waals surface area contributed by atoms with Crippen LogP contribution in [-0.2, 0) is 19.4 Å². The highest BCUT2D eigenvalue weighted by atomic mass is 16.3. The van der Waals surface area contributed by atoms with Crippen LogP contribution in [0, 0.1) is 0 Å². The molecule has 0 spiro atoms. The van der Waals surface area contributed by atoms with Crippen LogP contribution in [0.1, 0.15) is 36.0 Å². The Bertz CT molecular complexity index is 821. The Morgan fingerprint density at radius 1 is 1.11 bits per heavy atom. The molecule has 2 aliphatic rings. The van der Waals surface area contributed by atoms with Crippen LogP contribution in [0.15, 0.2) is 42.5 Å². The summed E-state index contributed by atoms with van der Waals surface area (Å²) >= 11 is 0. The fraction of sp³-hybridized carbons (Fsp3) is 0.409. The number of phenols is 1. The number of carbonyl (C=O) groups excluding carboxylic acids is 1. The first-order chi connectivity index (χ1) is 13.2. The number of piperidine rings is 1. The molecule has 1 heterocycles. The summed E-state index contributed by atoms with van der Waals surface area (Å²) in [7, 11) is 0. The molecule has 0 aromatic heterocycles. The Hall–Kier alpha value is -2.53. The standard InChI is InChI=1S/C22H27N3O2/c26-21-8-1-4-16(12-21)14-25-11-3-7-20(15-25)24-22(27)23-19-10-9-17-5-2-6-18(17)13-19/h1,4,8-10,12-13,20,26H,2-3,5-7,11,14-15H2,(H2,23,24,27). The SMILES string of the molecule is O=C(Nc1ccc2c(c1)CCC2)NC1CCCN(Cc2cccc(O)c2)C1. The maximum atomic E-state index is 12.4. The molecule has 27 heavy (non-hydrogen) atoms. The summed E-state index contributed by atoms with van der Waals surface area (Å²) in [6, 6.07) is 13.6. The van der Waals surface area contributed by atoms with Crippen LogP contribution in [0.4, 0.5) is 10.5 Å². The van der Waals surface area contributed by atoms with E-state index >= 15 is 0 Å². The molecule has 2 aromatic carbocycles. The van der Waals surface area contributed by atoms with Gasteiger partial charge in [0, 0.05) is 24.8 Å². The largest absolute Gasteiger partial charge is 0.508 e. The van der Waals surface area contributed by atoms with Crippen molar-refractivity contribution in [2.24, 2.45) is 0 Å². The lowest BCUT2D eigenvalue weighted by Gasteiger charge is -2.33. The number of benzene rings is 2. The van der Waals surface area contributed by atoms with Crippen LogP contribution in [0.3, 0.4) is 0 Å². The van der Waals surface area contributed by atoms with Gasteiger partial charge in [-0.25, -0.2) is 4.79 Å². The fourth-order valence-corrected chi connectivity index (χ4v) is 4.23. The number of anilines is 1. The second-order valence-electron chi connectivity index (χ2n) is 7.68. The molecule has 5 nitrogen and oxygen atoms in total. The van der Waals surface area contributed by atoms with Crippen molar-refractivity contribution in [2.75, 3.05) is 18.4 Å². The molecule has 3 N–H and O–H groups in total. The van der Waals surface area contributed by atoms with Gasteiger partial charge in [-0.2, -0.15) is 0 Å². The Morgan fingerprint density at radius 2 is 2.00 bits per heavy atom. The second kappa shape index (κ2) is 8.01. The lowest BCUT2D eigenvalue weighted by atomic mass is 10.0. The van der Waals surface area contributed by atoms with Crippen LogP contribution < -0.4 is 10.6 Å². The number of urea groups is 1. The zero-order valence-corrected chi connectivity index (χ0v) is 15.6. The van der Waals surface area contributed by atoms with Gasteiger partial charge in [0.2, 0.25) is 0 Å². The van der Waals surface area contributed by atoms with E-state index in [1.807, 2.05) is 18.2 Å². The summed E-state index contributed by atoms with van der Waals surface area (Å²) in [5, 5.41) is 15.7. The molecule has 1 saturated heterocycles. The van der Waals surface area contributed by atoms with Crippen molar-refractivity contribution in [3.05, 3.63) is 59.2 Å². The van der Waals surface area contributed by atoms with E-state index < -0.39 is 0 Å². The number of amides is 2. The van der Waals surface area contributed by atoms with Gasteiger partial charge in [0.05, 0.1) is 0 Å². The van der Waals surface area contributed by atoms with Gasteiger partial charge in [0.25, 0.3) is 0 Å². The number of rotatable bonds is 4. The third kappa shape index (κ3) is 4.61.